The lowest BCUT2D eigenvalue weighted by molar-refractivity contribution is -0.116. The van der Waals surface area contributed by atoms with Crippen LogP contribution in [-0.2, 0) is 9.59 Å². The van der Waals surface area contributed by atoms with Gasteiger partial charge in [-0.3, -0.25) is 19.2 Å². The number of carbonyl (C=O) groups is 4. The first-order chi connectivity index (χ1) is 23.8. The maximum Gasteiger partial charge on any atom is 0.272 e. The summed E-state index contributed by atoms with van der Waals surface area (Å²) in [5.74, 6) is -1.46. The SMILES string of the molecule is CCOc1ccccc1/C=C(/NC(=O)c1ccccc1)C(=O)Nc1cccc(SC(C(=O)Nc2ccccc2C(N)=O)c2ccccc2)c1. The van der Waals surface area contributed by atoms with Crippen LogP contribution in [0.2, 0.25) is 0 Å². The third-order valence-electron chi connectivity index (χ3n) is 7.18. The van der Waals surface area contributed by atoms with Crippen LogP contribution in [0.3, 0.4) is 0 Å². The molecule has 0 saturated heterocycles. The van der Waals surface area contributed by atoms with Crippen molar-refractivity contribution in [1.29, 1.82) is 0 Å². The van der Waals surface area contributed by atoms with Gasteiger partial charge >= 0.3 is 0 Å². The summed E-state index contributed by atoms with van der Waals surface area (Å²) >= 11 is 1.27. The summed E-state index contributed by atoms with van der Waals surface area (Å²) in [5.41, 5.74) is 8.23. The second-order valence-corrected chi connectivity index (χ2v) is 11.8. The van der Waals surface area contributed by atoms with Crippen molar-refractivity contribution >= 4 is 52.8 Å². The van der Waals surface area contributed by atoms with Gasteiger partial charge < -0.3 is 26.4 Å². The summed E-state index contributed by atoms with van der Waals surface area (Å²) in [6, 6.07) is 38.6. The van der Waals surface area contributed by atoms with Gasteiger partial charge in [-0.15, -0.1) is 11.8 Å². The Balaban J connectivity index is 1.41. The molecule has 0 aliphatic rings. The van der Waals surface area contributed by atoms with Crippen LogP contribution in [0.25, 0.3) is 6.08 Å². The van der Waals surface area contributed by atoms with Gasteiger partial charge in [-0.1, -0.05) is 84.9 Å². The van der Waals surface area contributed by atoms with Crippen LogP contribution in [0.5, 0.6) is 5.75 Å². The number of ether oxygens (including phenoxy) is 1. The van der Waals surface area contributed by atoms with E-state index in [1.165, 1.54) is 11.8 Å². The normalized spacial score (nSPS) is 11.6. The molecule has 0 bridgehead atoms. The minimum Gasteiger partial charge on any atom is -0.493 e. The molecule has 0 saturated carbocycles. The number of amides is 4. The fourth-order valence-corrected chi connectivity index (χ4v) is 5.96. The number of para-hydroxylation sites is 2. The van der Waals surface area contributed by atoms with E-state index >= 15 is 0 Å². The number of nitrogens with two attached hydrogens (primary N) is 1. The van der Waals surface area contributed by atoms with Crippen LogP contribution in [-0.4, -0.2) is 30.2 Å². The molecule has 5 N–H and O–H groups in total. The van der Waals surface area contributed by atoms with Crippen LogP contribution in [0.1, 0.15) is 44.0 Å². The van der Waals surface area contributed by atoms with Gasteiger partial charge in [0.2, 0.25) is 5.91 Å². The van der Waals surface area contributed by atoms with Gasteiger partial charge in [0.25, 0.3) is 17.7 Å². The van der Waals surface area contributed by atoms with Gasteiger partial charge in [0.05, 0.1) is 17.9 Å². The number of anilines is 2. The molecule has 0 heterocycles. The first-order valence-electron chi connectivity index (χ1n) is 15.4. The summed E-state index contributed by atoms with van der Waals surface area (Å²) < 4.78 is 5.74. The van der Waals surface area contributed by atoms with Crippen LogP contribution < -0.4 is 26.4 Å². The molecular weight excluding hydrogens is 637 g/mol. The number of hydrogen-bond acceptors (Lipinski definition) is 6. The second kappa shape index (κ2) is 16.6. The van der Waals surface area contributed by atoms with Gasteiger partial charge in [-0.25, -0.2) is 0 Å². The maximum atomic E-state index is 13.8. The summed E-state index contributed by atoms with van der Waals surface area (Å²) in [7, 11) is 0. The fraction of sp³-hybridized carbons (Fsp3) is 0.0769. The van der Waals surface area contributed by atoms with Crippen molar-refractivity contribution in [3.05, 3.63) is 161 Å². The lowest BCUT2D eigenvalue weighted by atomic mass is 10.1. The monoisotopic (exact) mass is 670 g/mol. The molecule has 1 unspecified atom stereocenters. The molecule has 0 radical (unpaired) electrons. The highest BCUT2D eigenvalue weighted by Crippen LogP contribution is 2.37. The summed E-state index contributed by atoms with van der Waals surface area (Å²) in [6.07, 6.45) is 1.57. The number of carbonyl (C=O) groups excluding carboxylic acids is 4. The fourth-order valence-electron chi connectivity index (χ4n) is 4.87. The van der Waals surface area contributed by atoms with Crippen molar-refractivity contribution in [3.8, 4) is 5.75 Å². The molecule has 246 valence electrons. The van der Waals surface area contributed by atoms with E-state index in [4.69, 9.17) is 10.5 Å². The third kappa shape index (κ3) is 9.24. The average Bonchev–Trinajstić information content (AvgIpc) is 3.12. The van der Waals surface area contributed by atoms with Crippen LogP contribution >= 0.6 is 11.8 Å². The van der Waals surface area contributed by atoms with Crippen molar-refractivity contribution in [2.24, 2.45) is 5.73 Å². The molecule has 5 aromatic rings. The minimum atomic E-state index is -0.719. The van der Waals surface area contributed by atoms with Crippen LogP contribution in [0.15, 0.2) is 144 Å². The summed E-state index contributed by atoms with van der Waals surface area (Å²) in [5, 5.41) is 7.77. The van der Waals surface area contributed by atoms with Gasteiger partial charge in [-0.2, -0.15) is 0 Å². The molecule has 9 nitrogen and oxygen atoms in total. The second-order valence-electron chi connectivity index (χ2n) is 10.6. The Morgan fingerprint density at radius 3 is 2.18 bits per heavy atom. The minimum absolute atomic E-state index is 0.00807. The van der Waals surface area contributed by atoms with Gasteiger partial charge in [0.1, 0.15) is 16.7 Å². The Labute approximate surface area is 288 Å². The Kier molecular flexibility index (Phi) is 11.6. The van der Waals surface area contributed by atoms with E-state index in [-0.39, 0.29) is 17.2 Å². The van der Waals surface area contributed by atoms with Crippen LogP contribution in [0, 0.1) is 0 Å². The van der Waals surface area contributed by atoms with E-state index in [0.717, 1.165) is 5.56 Å². The van der Waals surface area contributed by atoms with Crippen molar-refractivity contribution < 1.29 is 23.9 Å². The Morgan fingerprint density at radius 1 is 0.776 bits per heavy atom. The standard InChI is InChI=1S/C39H34N4O5S/c1-2-48-34-23-12-9-18-28(34)24-33(43-37(45)27-16-7-4-8-17-27)38(46)41-29-19-13-20-30(25-29)49-35(26-14-5-3-6-15-26)39(47)42-32-22-11-10-21-31(32)36(40)44/h3-25,35H,2H2,1H3,(H2,40,44)(H,41,46)(H,42,47)(H,43,45)/b33-24+. The smallest absolute Gasteiger partial charge is 0.272 e. The molecule has 10 heteroatoms. The van der Waals surface area contributed by atoms with Crippen molar-refractivity contribution in [2.45, 2.75) is 17.1 Å². The average molecular weight is 671 g/mol. The molecular formula is C39H34N4O5S. The van der Waals surface area contributed by atoms with Crippen molar-refractivity contribution in [3.63, 3.8) is 0 Å². The summed E-state index contributed by atoms with van der Waals surface area (Å²) in [6.45, 7) is 2.29. The van der Waals surface area contributed by atoms with E-state index in [1.54, 1.807) is 91.0 Å². The van der Waals surface area contributed by atoms with Gasteiger partial charge in [-0.05, 0) is 67.1 Å². The van der Waals surface area contributed by atoms with E-state index in [2.05, 4.69) is 16.0 Å². The van der Waals surface area contributed by atoms with E-state index in [9.17, 15) is 19.2 Å². The number of rotatable bonds is 13. The van der Waals surface area contributed by atoms with E-state index in [1.807, 2.05) is 55.5 Å². The third-order valence-corrected chi connectivity index (χ3v) is 8.43. The topological polar surface area (TPSA) is 140 Å². The molecule has 0 aliphatic carbocycles. The van der Waals surface area contributed by atoms with Gasteiger partial charge in [0, 0.05) is 21.7 Å². The largest absolute Gasteiger partial charge is 0.493 e. The highest BCUT2D eigenvalue weighted by Gasteiger charge is 2.24. The molecule has 5 rings (SSSR count). The van der Waals surface area contributed by atoms with Crippen molar-refractivity contribution in [1.82, 2.24) is 5.32 Å². The zero-order chi connectivity index (χ0) is 34.6. The Morgan fingerprint density at radius 2 is 1.45 bits per heavy atom. The molecule has 0 aromatic heterocycles. The Hall–Kier alpha value is -6.13. The highest BCUT2D eigenvalue weighted by molar-refractivity contribution is 8.00. The molecule has 0 spiro atoms. The molecule has 49 heavy (non-hydrogen) atoms. The number of primary amides is 1. The van der Waals surface area contributed by atoms with E-state index < -0.39 is 23.0 Å². The number of nitrogens with one attached hydrogen (secondary N) is 3. The predicted octanol–water partition coefficient (Wildman–Crippen LogP) is 7.07. The molecule has 4 amide bonds. The number of benzene rings is 5. The maximum absolute atomic E-state index is 13.8. The number of thioether (sulfide) groups is 1. The molecule has 1 atom stereocenters. The zero-order valence-electron chi connectivity index (χ0n) is 26.6. The first-order valence-corrected chi connectivity index (χ1v) is 16.3. The predicted molar refractivity (Wildman–Crippen MR) is 193 cm³/mol. The number of hydrogen-bond donors (Lipinski definition) is 4. The van der Waals surface area contributed by atoms with Crippen molar-refractivity contribution in [2.75, 3.05) is 17.2 Å². The first kappa shape index (κ1) is 34.2. The van der Waals surface area contributed by atoms with Crippen LogP contribution in [0.4, 0.5) is 11.4 Å². The molecule has 0 aliphatic heterocycles. The van der Waals surface area contributed by atoms with E-state index in [0.29, 0.717) is 39.8 Å². The molecule has 5 aromatic carbocycles. The summed E-state index contributed by atoms with van der Waals surface area (Å²) in [4.78, 5) is 53.3. The Bertz CT molecular complexity index is 1980. The molecule has 0 fully saturated rings. The van der Waals surface area contributed by atoms with Gasteiger partial charge in [0.15, 0.2) is 0 Å². The lowest BCUT2D eigenvalue weighted by Gasteiger charge is -2.19. The quantitative estimate of drug-likeness (QED) is 0.0781. The highest BCUT2D eigenvalue weighted by atomic mass is 32.2. The zero-order valence-corrected chi connectivity index (χ0v) is 27.4. The lowest BCUT2D eigenvalue weighted by Crippen LogP contribution is -2.30.